The summed E-state index contributed by atoms with van der Waals surface area (Å²) in [4.78, 5) is 7.64. The smallest absolute Gasteiger partial charge is 0.0328 e. The van der Waals surface area contributed by atoms with E-state index in [1.54, 1.807) is 0 Å². The Bertz CT molecular complexity index is 350. The minimum atomic E-state index is 0.667. The van der Waals surface area contributed by atoms with Gasteiger partial charge in [-0.15, -0.1) is 11.3 Å². The fraction of sp³-hybridized carbons (Fsp3) is 0.692. The van der Waals surface area contributed by atoms with Gasteiger partial charge in [0.25, 0.3) is 0 Å². The summed E-state index contributed by atoms with van der Waals surface area (Å²) in [5.74, 6) is 0. The van der Waals surface area contributed by atoms with Crippen molar-refractivity contribution in [3.8, 4) is 0 Å². The van der Waals surface area contributed by atoms with Crippen LogP contribution in [0.5, 0.6) is 0 Å². The zero-order valence-electron chi connectivity index (χ0n) is 10.9. The lowest BCUT2D eigenvalue weighted by atomic mass is 10.1. The summed E-state index contributed by atoms with van der Waals surface area (Å²) >= 11 is 1.85. The van der Waals surface area contributed by atoms with E-state index in [1.807, 2.05) is 11.3 Å². The van der Waals surface area contributed by atoms with Gasteiger partial charge in [0.15, 0.2) is 0 Å². The number of nitrogens with two attached hydrogens (primary N) is 1. The summed E-state index contributed by atoms with van der Waals surface area (Å²) in [6.45, 7) is 4.18. The first kappa shape index (κ1) is 13.0. The van der Waals surface area contributed by atoms with Gasteiger partial charge in [-0.3, -0.25) is 4.90 Å². The molecule has 0 radical (unpaired) electrons. The van der Waals surface area contributed by atoms with Crippen LogP contribution in [0.25, 0.3) is 0 Å². The van der Waals surface area contributed by atoms with E-state index in [-0.39, 0.29) is 0 Å². The third-order valence-electron chi connectivity index (χ3n) is 3.55. The number of hydrogen-bond donors (Lipinski definition) is 1. The highest BCUT2D eigenvalue weighted by Crippen LogP contribution is 2.20. The zero-order chi connectivity index (χ0) is 12.3. The maximum absolute atomic E-state index is 5.65. The van der Waals surface area contributed by atoms with Crippen molar-refractivity contribution < 1.29 is 0 Å². The van der Waals surface area contributed by atoms with Crippen molar-refractivity contribution in [2.75, 3.05) is 27.2 Å². The van der Waals surface area contributed by atoms with Gasteiger partial charge in [-0.2, -0.15) is 0 Å². The number of hydrogen-bond acceptors (Lipinski definition) is 4. The van der Waals surface area contributed by atoms with Gasteiger partial charge in [0, 0.05) is 35.4 Å². The van der Waals surface area contributed by atoms with Crippen LogP contribution >= 0.6 is 11.3 Å². The molecule has 1 unspecified atom stereocenters. The minimum Gasteiger partial charge on any atom is -0.326 e. The Hall–Kier alpha value is -0.420. The van der Waals surface area contributed by atoms with Crippen LogP contribution in [0.4, 0.5) is 0 Å². The lowest BCUT2D eigenvalue weighted by Crippen LogP contribution is -2.44. The fourth-order valence-electron chi connectivity index (χ4n) is 2.49. The second kappa shape index (κ2) is 5.96. The van der Waals surface area contributed by atoms with Gasteiger partial charge in [0.05, 0.1) is 0 Å². The Morgan fingerprint density at radius 1 is 1.47 bits per heavy atom. The Kier molecular flexibility index (Phi) is 4.56. The fourth-order valence-corrected chi connectivity index (χ4v) is 3.45. The first-order chi connectivity index (χ1) is 8.19. The maximum atomic E-state index is 5.65. The van der Waals surface area contributed by atoms with Crippen molar-refractivity contribution in [2.24, 2.45) is 5.73 Å². The molecule has 96 valence electrons. The van der Waals surface area contributed by atoms with Crippen molar-refractivity contribution in [1.29, 1.82) is 0 Å². The molecule has 1 aliphatic heterocycles. The molecule has 1 aromatic heterocycles. The van der Waals surface area contributed by atoms with Crippen molar-refractivity contribution in [1.82, 2.24) is 9.80 Å². The molecular formula is C13H23N3S. The molecule has 4 heteroatoms. The summed E-state index contributed by atoms with van der Waals surface area (Å²) in [5.41, 5.74) is 5.65. The molecule has 0 saturated carbocycles. The van der Waals surface area contributed by atoms with Gasteiger partial charge in [-0.1, -0.05) is 0 Å². The van der Waals surface area contributed by atoms with E-state index in [1.165, 1.54) is 35.7 Å². The number of thiophene rings is 1. The lowest BCUT2D eigenvalue weighted by Gasteiger charge is -2.35. The largest absolute Gasteiger partial charge is 0.326 e. The second-order valence-corrected chi connectivity index (χ2v) is 6.30. The summed E-state index contributed by atoms with van der Waals surface area (Å²) < 4.78 is 0. The molecular weight excluding hydrogens is 230 g/mol. The first-order valence-electron chi connectivity index (χ1n) is 6.35. The lowest BCUT2D eigenvalue weighted by molar-refractivity contribution is 0.130. The Labute approximate surface area is 108 Å². The van der Waals surface area contributed by atoms with Gasteiger partial charge in [-0.25, -0.2) is 0 Å². The van der Waals surface area contributed by atoms with E-state index in [4.69, 9.17) is 5.73 Å². The van der Waals surface area contributed by atoms with Gasteiger partial charge >= 0.3 is 0 Å². The Morgan fingerprint density at radius 3 is 2.88 bits per heavy atom. The summed E-state index contributed by atoms with van der Waals surface area (Å²) in [6.07, 6.45) is 2.65. The molecule has 2 rings (SSSR count). The summed E-state index contributed by atoms with van der Waals surface area (Å²) in [7, 11) is 4.46. The molecule has 3 nitrogen and oxygen atoms in total. The summed E-state index contributed by atoms with van der Waals surface area (Å²) in [6, 6.07) is 5.08. The topological polar surface area (TPSA) is 32.5 Å². The van der Waals surface area contributed by atoms with E-state index in [9.17, 15) is 0 Å². The highest BCUT2D eigenvalue weighted by Gasteiger charge is 2.21. The molecule has 0 aromatic carbocycles. The number of likely N-dealkylation sites (N-methyl/N-ethyl adjacent to an activating group) is 2. The molecule has 1 saturated heterocycles. The minimum absolute atomic E-state index is 0.667. The van der Waals surface area contributed by atoms with Crippen molar-refractivity contribution in [3.05, 3.63) is 21.9 Å². The highest BCUT2D eigenvalue weighted by atomic mass is 32.1. The molecule has 2 N–H and O–H groups in total. The predicted molar refractivity (Wildman–Crippen MR) is 74.2 cm³/mol. The molecule has 0 amide bonds. The van der Waals surface area contributed by atoms with E-state index < -0.39 is 0 Å². The van der Waals surface area contributed by atoms with Gasteiger partial charge < -0.3 is 10.6 Å². The van der Waals surface area contributed by atoms with Gasteiger partial charge in [0.2, 0.25) is 0 Å². The molecule has 17 heavy (non-hydrogen) atoms. The molecule has 2 heterocycles. The molecule has 0 spiro atoms. The van der Waals surface area contributed by atoms with Crippen LogP contribution < -0.4 is 5.73 Å². The molecule has 1 aliphatic rings. The van der Waals surface area contributed by atoms with Crippen molar-refractivity contribution in [2.45, 2.75) is 32.0 Å². The van der Waals surface area contributed by atoms with Crippen LogP contribution in [-0.4, -0.2) is 43.0 Å². The maximum Gasteiger partial charge on any atom is 0.0328 e. The third kappa shape index (κ3) is 3.52. The molecule has 0 aliphatic carbocycles. The van der Waals surface area contributed by atoms with Crippen LogP contribution in [0, 0.1) is 0 Å². The standard InChI is InChI=1S/C13H23N3S/c1-15-7-3-4-11(9-15)16(2)10-13-6-5-12(8-14)17-13/h5-6,11H,3-4,7-10,14H2,1-2H3. The van der Waals surface area contributed by atoms with Gasteiger partial charge in [-0.05, 0) is 45.6 Å². The number of piperidine rings is 1. The molecule has 1 aromatic rings. The Morgan fingerprint density at radius 2 is 2.24 bits per heavy atom. The Balaban J connectivity index is 1.89. The van der Waals surface area contributed by atoms with Crippen LogP contribution in [0.1, 0.15) is 22.6 Å². The SMILES string of the molecule is CN1CCCC(N(C)Cc2ccc(CN)s2)C1. The zero-order valence-corrected chi connectivity index (χ0v) is 11.7. The van der Waals surface area contributed by atoms with Crippen molar-refractivity contribution >= 4 is 11.3 Å². The number of likely N-dealkylation sites (tertiary alicyclic amines) is 1. The number of rotatable bonds is 4. The quantitative estimate of drug-likeness (QED) is 0.887. The molecule has 0 bridgehead atoms. The van der Waals surface area contributed by atoms with Gasteiger partial charge in [0.1, 0.15) is 0 Å². The average Bonchev–Trinajstić information content (AvgIpc) is 2.77. The molecule has 1 atom stereocenters. The highest BCUT2D eigenvalue weighted by molar-refractivity contribution is 7.11. The monoisotopic (exact) mass is 253 g/mol. The van der Waals surface area contributed by atoms with E-state index in [2.05, 4.69) is 36.0 Å². The van der Waals surface area contributed by atoms with E-state index >= 15 is 0 Å². The van der Waals surface area contributed by atoms with Crippen molar-refractivity contribution in [3.63, 3.8) is 0 Å². The normalized spacial score (nSPS) is 22.2. The van der Waals surface area contributed by atoms with E-state index in [0.717, 1.165) is 6.54 Å². The second-order valence-electron chi connectivity index (χ2n) is 5.05. The van der Waals surface area contributed by atoms with Crippen LogP contribution in [0.2, 0.25) is 0 Å². The molecule has 1 fully saturated rings. The average molecular weight is 253 g/mol. The predicted octanol–water partition coefficient (Wildman–Crippen LogP) is 1.73. The third-order valence-corrected chi connectivity index (χ3v) is 4.64. The number of nitrogens with zero attached hydrogens (tertiary/aromatic N) is 2. The van der Waals surface area contributed by atoms with Crippen LogP contribution in [-0.2, 0) is 13.1 Å². The van der Waals surface area contributed by atoms with Crippen LogP contribution in [0.3, 0.4) is 0 Å². The summed E-state index contributed by atoms with van der Waals surface area (Å²) in [5, 5.41) is 0. The first-order valence-corrected chi connectivity index (χ1v) is 7.17. The van der Waals surface area contributed by atoms with E-state index in [0.29, 0.717) is 12.6 Å². The van der Waals surface area contributed by atoms with Crippen LogP contribution in [0.15, 0.2) is 12.1 Å².